The number of allylic oxidation sites excluding steroid dienone is 1. The van der Waals surface area contributed by atoms with Gasteiger partial charge in [0.05, 0.1) is 6.10 Å². The molecule has 3 aliphatic rings. The maximum Gasteiger partial charge on any atom is 0.0760 e. The van der Waals surface area contributed by atoms with Gasteiger partial charge in [0, 0.05) is 24.7 Å². The van der Waals surface area contributed by atoms with Crippen LogP contribution in [0, 0.1) is 11.8 Å². The summed E-state index contributed by atoms with van der Waals surface area (Å²) in [5.41, 5.74) is 1.43. The first-order chi connectivity index (χ1) is 5.77. The number of hydrogen-bond donors (Lipinski definition) is 1. The summed E-state index contributed by atoms with van der Waals surface area (Å²) in [5.74, 6) is 1.68. The Morgan fingerprint density at radius 1 is 1.50 bits per heavy atom. The summed E-state index contributed by atoms with van der Waals surface area (Å²) in [7, 11) is 2.18. The molecule has 0 spiro atoms. The molecule has 1 N–H and O–H groups in total. The van der Waals surface area contributed by atoms with Crippen molar-refractivity contribution in [3.05, 3.63) is 11.8 Å². The van der Waals surface area contributed by atoms with Crippen molar-refractivity contribution < 1.29 is 5.11 Å². The third kappa shape index (κ3) is 0.650. The van der Waals surface area contributed by atoms with E-state index in [1.807, 2.05) is 0 Å². The molecular weight excluding hydrogens is 150 g/mol. The Morgan fingerprint density at radius 3 is 2.92 bits per heavy atom. The van der Waals surface area contributed by atoms with Gasteiger partial charge in [0.25, 0.3) is 0 Å². The maximum absolute atomic E-state index is 9.57. The predicted molar refractivity (Wildman–Crippen MR) is 46.5 cm³/mol. The lowest BCUT2D eigenvalue weighted by molar-refractivity contribution is 0.124. The van der Waals surface area contributed by atoms with Gasteiger partial charge in [-0.2, -0.15) is 0 Å². The van der Waals surface area contributed by atoms with Crippen molar-refractivity contribution in [1.82, 2.24) is 4.90 Å². The summed E-state index contributed by atoms with van der Waals surface area (Å²) < 4.78 is 0. The molecule has 3 rings (SSSR count). The van der Waals surface area contributed by atoms with Crippen LogP contribution in [-0.4, -0.2) is 29.2 Å². The van der Waals surface area contributed by atoms with Crippen LogP contribution >= 0.6 is 0 Å². The largest absolute Gasteiger partial charge is 0.389 e. The Hall–Kier alpha value is -0.500. The van der Waals surface area contributed by atoms with Crippen molar-refractivity contribution in [3.8, 4) is 0 Å². The fourth-order valence-corrected chi connectivity index (χ4v) is 3.18. The van der Waals surface area contributed by atoms with E-state index in [2.05, 4.69) is 18.0 Å². The third-order valence-electron chi connectivity index (χ3n) is 3.95. The lowest BCUT2D eigenvalue weighted by Crippen LogP contribution is -2.36. The third-order valence-corrected chi connectivity index (χ3v) is 3.95. The van der Waals surface area contributed by atoms with Crippen LogP contribution < -0.4 is 0 Å². The molecule has 2 aliphatic heterocycles. The molecule has 1 saturated heterocycles. The normalized spacial score (nSPS) is 49.8. The zero-order chi connectivity index (χ0) is 8.29. The standard InChI is InChI=1S/C10H15NO/c1-11-9-4-6(12)5-10(11)8-3-2-7(8)9/h4,6-8,10,12H,2-3,5H2,1H3/t6?,7-,8+,10?/m1/s1. The maximum atomic E-state index is 9.57. The van der Waals surface area contributed by atoms with Gasteiger partial charge in [-0.3, -0.25) is 0 Å². The van der Waals surface area contributed by atoms with Crippen molar-refractivity contribution in [3.63, 3.8) is 0 Å². The quantitative estimate of drug-likeness (QED) is 0.578. The minimum atomic E-state index is -0.160. The van der Waals surface area contributed by atoms with Gasteiger partial charge in [0.15, 0.2) is 0 Å². The monoisotopic (exact) mass is 165 g/mol. The first-order valence-corrected chi connectivity index (χ1v) is 4.90. The molecule has 2 bridgehead atoms. The van der Waals surface area contributed by atoms with E-state index in [0.29, 0.717) is 6.04 Å². The van der Waals surface area contributed by atoms with Gasteiger partial charge in [0.1, 0.15) is 0 Å². The van der Waals surface area contributed by atoms with E-state index in [4.69, 9.17) is 0 Å². The van der Waals surface area contributed by atoms with E-state index in [1.54, 1.807) is 0 Å². The van der Waals surface area contributed by atoms with Gasteiger partial charge in [-0.25, -0.2) is 0 Å². The first-order valence-electron chi connectivity index (χ1n) is 4.90. The molecule has 2 heteroatoms. The van der Waals surface area contributed by atoms with Crippen LogP contribution in [0.3, 0.4) is 0 Å². The van der Waals surface area contributed by atoms with Gasteiger partial charge in [0.2, 0.25) is 0 Å². The second-order valence-electron chi connectivity index (χ2n) is 4.42. The zero-order valence-corrected chi connectivity index (χ0v) is 7.40. The van der Waals surface area contributed by atoms with E-state index in [9.17, 15) is 5.11 Å². The first kappa shape index (κ1) is 6.96. The van der Waals surface area contributed by atoms with Crippen LogP contribution in [-0.2, 0) is 0 Å². The highest BCUT2D eigenvalue weighted by Gasteiger charge is 2.50. The second kappa shape index (κ2) is 2.05. The number of aliphatic hydroxyl groups excluding tert-OH is 1. The average molecular weight is 165 g/mol. The van der Waals surface area contributed by atoms with Crippen molar-refractivity contribution >= 4 is 0 Å². The molecular formula is C10H15NO. The topological polar surface area (TPSA) is 23.5 Å². The molecule has 4 atom stereocenters. The summed E-state index contributed by atoms with van der Waals surface area (Å²) >= 11 is 0. The molecule has 12 heavy (non-hydrogen) atoms. The van der Waals surface area contributed by atoms with E-state index in [1.165, 1.54) is 18.5 Å². The molecule has 66 valence electrons. The highest BCUT2D eigenvalue weighted by atomic mass is 16.3. The van der Waals surface area contributed by atoms with Crippen molar-refractivity contribution in [1.29, 1.82) is 0 Å². The van der Waals surface area contributed by atoms with Gasteiger partial charge < -0.3 is 10.0 Å². The summed E-state index contributed by atoms with van der Waals surface area (Å²) in [6, 6.07) is 0.652. The van der Waals surface area contributed by atoms with Gasteiger partial charge in [-0.05, 0) is 31.3 Å². The van der Waals surface area contributed by atoms with E-state index in [0.717, 1.165) is 18.3 Å². The SMILES string of the molecule is CN1C2=CC(O)CC1[C@H]1CC[C@@H]21. The Kier molecular flexibility index (Phi) is 1.19. The zero-order valence-electron chi connectivity index (χ0n) is 7.40. The summed E-state index contributed by atoms with van der Waals surface area (Å²) in [5, 5.41) is 9.57. The molecule has 0 aromatic carbocycles. The van der Waals surface area contributed by atoms with Crippen LogP contribution in [0.1, 0.15) is 19.3 Å². The van der Waals surface area contributed by atoms with Crippen LogP contribution in [0.4, 0.5) is 0 Å². The average Bonchev–Trinajstić information content (AvgIpc) is 2.10. The van der Waals surface area contributed by atoms with Gasteiger partial charge >= 0.3 is 0 Å². The van der Waals surface area contributed by atoms with Crippen LogP contribution in [0.15, 0.2) is 11.8 Å². The Bertz CT molecular complexity index is 244. The van der Waals surface area contributed by atoms with Crippen LogP contribution in [0.5, 0.6) is 0 Å². The molecule has 2 fully saturated rings. The minimum Gasteiger partial charge on any atom is -0.389 e. The Balaban J connectivity index is 2.02. The highest BCUT2D eigenvalue weighted by molar-refractivity contribution is 5.25. The highest BCUT2D eigenvalue weighted by Crippen LogP contribution is 2.53. The molecule has 0 radical (unpaired) electrons. The summed E-state index contributed by atoms with van der Waals surface area (Å²) in [6.07, 6.45) is 5.60. The molecule has 0 aromatic rings. The smallest absolute Gasteiger partial charge is 0.0760 e. The van der Waals surface area contributed by atoms with Crippen LogP contribution in [0.25, 0.3) is 0 Å². The predicted octanol–water partition coefficient (Wildman–Crippen LogP) is 0.975. The molecule has 1 aliphatic carbocycles. The minimum absolute atomic E-state index is 0.160. The molecule has 0 amide bonds. The fraction of sp³-hybridized carbons (Fsp3) is 0.800. The lowest BCUT2D eigenvalue weighted by Gasteiger charge is -2.33. The molecule has 2 nitrogen and oxygen atoms in total. The van der Waals surface area contributed by atoms with Crippen molar-refractivity contribution in [2.45, 2.75) is 31.4 Å². The molecule has 0 aromatic heterocycles. The summed E-state index contributed by atoms with van der Waals surface area (Å²) in [4.78, 5) is 2.40. The van der Waals surface area contributed by atoms with Crippen molar-refractivity contribution in [2.24, 2.45) is 11.8 Å². The van der Waals surface area contributed by atoms with Crippen LogP contribution in [0.2, 0.25) is 0 Å². The molecule has 2 unspecified atom stereocenters. The van der Waals surface area contributed by atoms with Gasteiger partial charge in [-0.1, -0.05) is 0 Å². The Morgan fingerprint density at radius 2 is 2.33 bits per heavy atom. The fourth-order valence-electron chi connectivity index (χ4n) is 3.18. The van der Waals surface area contributed by atoms with E-state index < -0.39 is 0 Å². The van der Waals surface area contributed by atoms with E-state index in [-0.39, 0.29) is 6.10 Å². The number of aliphatic hydroxyl groups is 1. The number of rotatable bonds is 0. The number of hydrogen-bond acceptors (Lipinski definition) is 2. The van der Waals surface area contributed by atoms with Crippen molar-refractivity contribution in [2.75, 3.05) is 7.05 Å². The summed E-state index contributed by atoms with van der Waals surface area (Å²) in [6.45, 7) is 0. The van der Waals surface area contributed by atoms with E-state index >= 15 is 0 Å². The number of nitrogens with zero attached hydrogens (tertiary/aromatic N) is 1. The van der Waals surface area contributed by atoms with Gasteiger partial charge in [-0.15, -0.1) is 0 Å². The molecule has 2 heterocycles. The Labute approximate surface area is 72.9 Å². The molecule has 1 saturated carbocycles. The number of fused-ring (bicyclic) bond motifs is 5. The lowest BCUT2D eigenvalue weighted by atomic mass is 9.72. The second-order valence-corrected chi connectivity index (χ2v) is 4.42.